The first-order chi connectivity index (χ1) is 11.4. The van der Waals surface area contributed by atoms with Crippen LogP contribution >= 0.6 is 0 Å². The normalized spacial score (nSPS) is 23.8. The Bertz CT molecular complexity index is 682. The van der Waals surface area contributed by atoms with E-state index in [1.165, 1.54) is 36.2 Å². The van der Waals surface area contributed by atoms with E-state index in [2.05, 4.69) is 4.90 Å². The summed E-state index contributed by atoms with van der Waals surface area (Å²) in [7, 11) is -3.26. The van der Waals surface area contributed by atoms with Crippen molar-refractivity contribution >= 4 is 15.7 Å². The van der Waals surface area contributed by atoms with Crippen LogP contribution in [0.2, 0.25) is 0 Å². The largest absolute Gasteiger partial charge is 0.387 e. The van der Waals surface area contributed by atoms with Crippen molar-refractivity contribution in [3.05, 3.63) is 29.3 Å². The number of hydrogen-bond donors (Lipinski definition) is 1. The minimum absolute atomic E-state index is 0.0620. The third-order valence-electron chi connectivity index (χ3n) is 5.13. The van der Waals surface area contributed by atoms with E-state index in [0.717, 1.165) is 29.9 Å². The fourth-order valence-corrected chi connectivity index (χ4v) is 5.27. The molecule has 2 atom stereocenters. The van der Waals surface area contributed by atoms with E-state index in [9.17, 15) is 13.5 Å². The zero-order valence-corrected chi connectivity index (χ0v) is 15.4. The number of nitrogens with zero attached hydrogens (tertiary/aromatic N) is 2. The highest BCUT2D eigenvalue weighted by atomic mass is 32.2. The highest BCUT2D eigenvalue weighted by Gasteiger charge is 2.32. The number of hydrogen-bond acceptors (Lipinski definition) is 4. The molecule has 24 heavy (non-hydrogen) atoms. The predicted octanol–water partition coefficient (Wildman–Crippen LogP) is 2.31. The van der Waals surface area contributed by atoms with Gasteiger partial charge in [0.15, 0.2) is 0 Å². The third-order valence-corrected chi connectivity index (χ3v) is 6.40. The third kappa shape index (κ3) is 3.76. The number of anilines is 1. The summed E-state index contributed by atoms with van der Waals surface area (Å²) in [6.07, 6.45) is 6.41. The van der Waals surface area contributed by atoms with Crippen molar-refractivity contribution in [2.45, 2.75) is 51.2 Å². The second-order valence-electron chi connectivity index (χ2n) is 7.23. The van der Waals surface area contributed by atoms with E-state index in [4.69, 9.17) is 0 Å². The first-order valence-corrected chi connectivity index (χ1v) is 10.7. The van der Waals surface area contributed by atoms with Crippen molar-refractivity contribution in [2.75, 3.05) is 30.2 Å². The fourth-order valence-electron chi connectivity index (χ4n) is 4.00. The summed E-state index contributed by atoms with van der Waals surface area (Å²) in [4.78, 5) is 2.34. The van der Waals surface area contributed by atoms with E-state index in [1.807, 2.05) is 25.1 Å². The van der Waals surface area contributed by atoms with Crippen LogP contribution in [0.3, 0.4) is 0 Å². The number of aliphatic hydroxyl groups is 1. The molecule has 1 aromatic carbocycles. The molecular weight excluding hydrogens is 324 g/mol. The molecule has 1 aromatic rings. The quantitative estimate of drug-likeness (QED) is 0.903. The first kappa shape index (κ1) is 17.7. The molecule has 2 aliphatic heterocycles. The van der Waals surface area contributed by atoms with Crippen LogP contribution in [0.15, 0.2) is 18.2 Å². The summed E-state index contributed by atoms with van der Waals surface area (Å²) in [5.74, 6) is 0. The molecule has 0 amide bonds. The van der Waals surface area contributed by atoms with Crippen molar-refractivity contribution in [2.24, 2.45) is 0 Å². The van der Waals surface area contributed by atoms with Gasteiger partial charge in [-0.15, -0.1) is 0 Å². The van der Waals surface area contributed by atoms with E-state index in [1.54, 1.807) is 0 Å². The molecule has 0 aromatic heterocycles. The molecule has 0 spiro atoms. The number of β-amino-alcohol motifs (C(OH)–C–C–N with tert-alkyl or cyclic N) is 1. The smallest absolute Gasteiger partial charge is 0.232 e. The second-order valence-corrected chi connectivity index (χ2v) is 9.09. The molecule has 1 saturated heterocycles. The van der Waals surface area contributed by atoms with E-state index in [-0.39, 0.29) is 6.04 Å². The zero-order chi connectivity index (χ0) is 17.3. The van der Waals surface area contributed by atoms with Crippen molar-refractivity contribution in [1.82, 2.24) is 4.90 Å². The van der Waals surface area contributed by atoms with E-state index < -0.39 is 16.1 Å². The monoisotopic (exact) mass is 352 g/mol. The van der Waals surface area contributed by atoms with Gasteiger partial charge >= 0.3 is 0 Å². The average molecular weight is 352 g/mol. The Hall–Kier alpha value is -1.11. The predicted molar refractivity (Wildman–Crippen MR) is 96.8 cm³/mol. The lowest BCUT2D eigenvalue weighted by molar-refractivity contribution is 0.115. The van der Waals surface area contributed by atoms with Gasteiger partial charge in [-0.2, -0.15) is 0 Å². The number of rotatable bonds is 4. The lowest BCUT2D eigenvalue weighted by Crippen LogP contribution is -2.34. The van der Waals surface area contributed by atoms with Crippen LogP contribution in [0, 0.1) is 0 Å². The van der Waals surface area contributed by atoms with Crippen molar-refractivity contribution < 1.29 is 13.5 Å². The molecular formula is C18H28N2O3S. The average Bonchev–Trinajstić information content (AvgIpc) is 2.66. The maximum Gasteiger partial charge on any atom is 0.232 e. The van der Waals surface area contributed by atoms with Crippen molar-refractivity contribution in [3.8, 4) is 0 Å². The summed E-state index contributed by atoms with van der Waals surface area (Å²) in [6, 6.07) is 5.64. The Labute approximate surface area is 145 Å². The van der Waals surface area contributed by atoms with Gasteiger partial charge in [-0.05, 0) is 56.5 Å². The molecule has 1 N–H and O–H groups in total. The molecule has 0 radical (unpaired) electrons. The summed E-state index contributed by atoms with van der Waals surface area (Å²) < 4.78 is 25.5. The van der Waals surface area contributed by atoms with E-state index in [0.29, 0.717) is 13.0 Å². The fraction of sp³-hybridized carbons (Fsp3) is 0.667. The lowest BCUT2D eigenvalue weighted by Gasteiger charge is -2.24. The molecule has 2 unspecified atom stereocenters. The summed E-state index contributed by atoms with van der Waals surface area (Å²) in [6.45, 7) is 4.69. The van der Waals surface area contributed by atoms with Crippen LogP contribution in [0.25, 0.3) is 0 Å². The lowest BCUT2D eigenvalue weighted by atomic mass is 10.0. The van der Waals surface area contributed by atoms with Gasteiger partial charge in [0.05, 0.1) is 18.0 Å². The first-order valence-electron chi connectivity index (χ1n) is 8.89. The highest BCUT2D eigenvalue weighted by Crippen LogP contribution is 2.35. The van der Waals surface area contributed by atoms with Crippen molar-refractivity contribution in [1.29, 1.82) is 0 Å². The van der Waals surface area contributed by atoms with Crippen LogP contribution < -0.4 is 4.31 Å². The Morgan fingerprint density at radius 1 is 1.21 bits per heavy atom. The SMILES string of the molecule is CC1Cc2cc(C(O)CN3CCCCCC3)ccc2N1S(C)(=O)=O. The Morgan fingerprint density at radius 2 is 1.88 bits per heavy atom. The highest BCUT2D eigenvalue weighted by molar-refractivity contribution is 7.92. The molecule has 5 nitrogen and oxygen atoms in total. The second kappa shape index (κ2) is 7.02. The molecule has 0 saturated carbocycles. The Kier molecular flexibility index (Phi) is 5.18. The molecule has 3 rings (SSSR count). The molecule has 2 aliphatic rings. The Morgan fingerprint density at radius 3 is 2.50 bits per heavy atom. The van der Waals surface area contributed by atoms with E-state index >= 15 is 0 Å². The summed E-state index contributed by atoms with van der Waals surface area (Å²) >= 11 is 0. The molecule has 0 aliphatic carbocycles. The number of fused-ring (bicyclic) bond motifs is 1. The minimum atomic E-state index is -3.26. The van der Waals surface area contributed by atoms with Crippen LogP contribution in [-0.4, -0.2) is 50.4 Å². The van der Waals surface area contributed by atoms with Gasteiger partial charge < -0.3 is 10.0 Å². The molecule has 0 bridgehead atoms. The van der Waals surface area contributed by atoms with Gasteiger partial charge in [-0.25, -0.2) is 8.42 Å². The van der Waals surface area contributed by atoms with Crippen LogP contribution in [-0.2, 0) is 16.4 Å². The van der Waals surface area contributed by atoms with Gasteiger partial charge in [-0.1, -0.05) is 25.0 Å². The standard InChI is InChI=1S/C18H28N2O3S/c1-14-11-16-12-15(7-8-17(16)20(14)24(2,22)23)18(21)13-19-9-5-3-4-6-10-19/h7-8,12,14,18,21H,3-6,9-11,13H2,1-2H3. The van der Waals surface area contributed by atoms with Crippen molar-refractivity contribution in [3.63, 3.8) is 0 Å². The molecule has 1 fully saturated rings. The van der Waals surface area contributed by atoms with Gasteiger partial charge in [0, 0.05) is 12.6 Å². The van der Waals surface area contributed by atoms with Crippen LogP contribution in [0.5, 0.6) is 0 Å². The number of aliphatic hydroxyl groups excluding tert-OH is 1. The molecule has 6 heteroatoms. The number of sulfonamides is 1. The van der Waals surface area contributed by atoms with Gasteiger partial charge in [0.1, 0.15) is 0 Å². The topological polar surface area (TPSA) is 60.9 Å². The summed E-state index contributed by atoms with van der Waals surface area (Å²) in [5.41, 5.74) is 2.66. The van der Waals surface area contributed by atoms with Crippen LogP contribution in [0.4, 0.5) is 5.69 Å². The van der Waals surface area contributed by atoms with Gasteiger partial charge in [-0.3, -0.25) is 4.31 Å². The number of benzene rings is 1. The molecule has 134 valence electrons. The Balaban J connectivity index is 1.76. The number of likely N-dealkylation sites (tertiary alicyclic amines) is 1. The maximum absolute atomic E-state index is 12.0. The van der Waals surface area contributed by atoms with Crippen LogP contribution in [0.1, 0.15) is 49.8 Å². The maximum atomic E-state index is 12.0. The molecule has 2 heterocycles. The minimum Gasteiger partial charge on any atom is -0.387 e. The summed E-state index contributed by atoms with van der Waals surface area (Å²) in [5, 5.41) is 10.6. The zero-order valence-electron chi connectivity index (χ0n) is 14.6. The van der Waals surface area contributed by atoms with Gasteiger partial charge in [0.25, 0.3) is 0 Å². The van der Waals surface area contributed by atoms with Gasteiger partial charge in [0.2, 0.25) is 10.0 Å².